The average molecular weight is 648 g/mol. The molecule has 3 heterocycles. The van der Waals surface area contributed by atoms with Gasteiger partial charge in [0, 0.05) is 29.3 Å². The Morgan fingerprint density at radius 3 is 2.40 bits per heavy atom. The van der Waals surface area contributed by atoms with Crippen LogP contribution in [-0.2, 0) is 19.2 Å². The van der Waals surface area contributed by atoms with E-state index >= 15 is 0 Å². The number of halogens is 3. The van der Waals surface area contributed by atoms with Crippen LogP contribution in [-0.4, -0.2) is 44.3 Å². The molecule has 0 fully saturated rings. The summed E-state index contributed by atoms with van der Waals surface area (Å²) in [5.41, 5.74) is 2.11. The summed E-state index contributed by atoms with van der Waals surface area (Å²) in [5.74, 6) is 1.79. The molecule has 0 aliphatic heterocycles. The number of alkyl halides is 3. The highest BCUT2D eigenvalue weighted by Crippen LogP contribution is 2.34. The van der Waals surface area contributed by atoms with E-state index in [0.29, 0.717) is 53.1 Å². The van der Waals surface area contributed by atoms with Gasteiger partial charge >= 0.3 is 12.2 Å². The fourth-order valence-electron chi connectivity index (χ4n) is 4.57. The first-order valence-corrected chi connectivity index (χ1v) is 14.6. The number of aromatic nitrogens is 5. The van der Waals surface area contributed by atoms with E-state index in [1.54, 1.807) is 32.5 Å². The van der Waals surface area contributed by atoms with Crippen LogP contribution >= 0.6 is 0 Å². The average Bonchev–Trinajstić information content (AvgIpc) is 3.50. The largest absolute Gasteiger partial charge is 0.497 e. The molecule has 0 radical (unpaired) electrons. The maximum Gasteiger partial charge on any atom is 0.416 e. The first-order valence-electron chi connectivity index (χ1n) is 14.6. The van der Waals surface area contributed by atoms with Gasteiger partial charge in [-0.15, -0.1) is 0 Å². The van der Waals surface area contributed by atoms with Gasteiger partial charge in [-0.2, -0.15) is 13.2 Å². The van der Waals surface area contributed by atoms with Crippen LogP contribution in [0.2, 0.25) is 0 Å². The minimum Gasteiger partial charge on any atom is -0.497 e. The van der Waals surface area contributed by atoms with E-state index in [0.717, 1.165) is 23.4 Å². The molecule has 5 rings (SSSR count). The van der Waals surface area contributed by atoms with Crippen LogP contribution in [0.25, 0.3) is 17.1 Å². The third-order valence-electron chi connectivity index (χ3n) is 6.87. The highest BCUT2D eigenvalue weighted by Gasteiger charge is 2.31. The van der Waals surface area contributed by atoms with Crippen molar-refractivity contribution in [1.29, 1.82) is 0 Å². The first-order chi connectivity index (χ1) is 22.6. The van der Waals surface area contributed by atoms with Gasteiger partial charge in [-0.1, -0.05) is 19.1 Å². The minimum absolute atomic E-state index is 0.0573. The van der Waals surface area contributed by atoms with Gasteiger partial charge in [0.25, 0.3) is 5.88 Å². The fraction of sp³-hybridized carbons (Fsp3) is 0.242. The molecule has 2 N–H and O–H groups in total. The predicted octanol–water partition coefficient (Wildman–Crippen LogP) is 7.24. The van der Waals surface area contributed by atoms with Crippen LogP contribution in [0.15, 0.2) is 73.4 Å². The van der Waals surface area contributed by atoms with E-state index in [-0.39, 0.29) is 18.0 Å². The Kier molecular flexibility index (Phi) is 9.88. The molecule has 0 spiro atoms. The van der Waals surface area contributed by atoms with E-state index in [9.17, 15) is 18.0 Å². The molecule has 5 aromatic rings. The number of amides is 2. The quantitative estimate of drug-likeness (QED) is 0.154. The van der Waals surface area contributed by atoms with Gasteiger partial charge in [0.2, 0.25) is 0 Å². The molecule has 0 bridgehead atoms. The molecule has 0 aliphatic rings. The number of ether oxygens (including phenoxy) is 3. The van der Waals surface area contributed by atoms with Crippen LogP contribution in [0, 0.1) is 6.92 Å². The number of carbonyl (C=O) groups is 1. The summed E-state index contributed by atoms with van der Waals surface area (Å²) in [5, 5.41) is 5.14. The van der Waals surface area contributed by atoms with Crippen molar-refractivity contribution in [1.82, 2.24) is 24.5 Å². The molecule has 0 saturated carbocycles. The number of rotatable bonds is 11. The summed E-state index contributed by atoms with van der Waals surface area (Å²) in [6.45, 7) is 6.05. The lowest BCUT2D eigenvalue weighted by Gasteiger charge is -2.15. The highest BCUT2D eigenvalue weighted by molar-refractivity contribution is 6.00. The number of nitrogens with one attached hydrogen (secondary N) is 2. The third-order valence-corrected chi connectivity index (χ3v) is 6.87. The Labute approximate surface area is 268 Å². The summed E-state index contributed by atoms with van der Waals surface area (Å²) in [4.78, 5) is 30.4. The maximum absolute atomic E-state index is 13.7. The molecule has 244 valence electrons. The van der Waals surface area contributed by atoms with E-state index in [1.807, 2.05) is 38.1 Å². The molecule has 0 saturated heterocycles. The number of hydrogen-bond donors (Lipinski definition) is 2. The van der Waals surface area contributed by atoms with Gasteiger partial charge in [-0.3, -0.25) is 0 Å². The number of pyridine rings is 1. The molecule has 11 nitrogen and oxygen atoms in total. The molecule has 2 aromatic carbocycles. The van der Waals surface area contributed by atoms with Gasteiger partial charge in [-0.05, 0) is 62.2 Å². The Morgan fingerprint density at radius 2 is 1.74 bits per heavy atom. The van der Waals surface area contributed by atoms with E-state index in [2.05, 4.69) is 30.6 Å². The number of urea groups is 1. The van der Waals surface area contributed by atoms with Crippen molar-refractivity contribution in [2.24, 2.45) is 0 Å². The van der Waals surface area contributed by atoms with Crippen molar-refractivity contribution in [3.05, 3.63) is 96.0 Å². The summed E-state index contributed by atoms with van der Waals surface area (Å²) >= 11 is 0. The normalized spacial score (nSPS) is 11.2. The Bertz CT molecular complexity index is 1860. The monoisotopic (exact) mass is 647 g/mol. The molecule has 0 unspecified atom stereocenters. The zero-order valence-corrected chi connectivity index (χ0v) is 26.1. The van der Waals surface area contributed by atoms with E-state index < -0.39 is 17.8 Å². The van der Waals surface area contributed by atoms with Crippen molar-refractivity contribution in [2.75, 3.05) is 24.4 Å². The molecule has 0 aliphatic carbocycles. The van der Waals surface area contributed by atoms with Crippen LogP contribution in [0.3, 0.4) is 0 Å². The molecular formula is C33H32F3N7O4. The zero-order chi connectivity index (χ0) is 33.6. The number of benzene rings is 2. The van der Waals surface area contributed by atoms with Crippen molar-refractivity contribution in [3.63, 3.8) is 0 Å². The summed E-state index contributed by atoms with van der Waals surface area (Å²) in [7, 11) is 1.60. The first kappa shape index (κ1) is 32.7. The molecule has 14 heteroatoms. The fourth-order valence-corrected chi connectivity index (χ4v) is 4.57. The van der Waals surface area contributed by atoms with Crippen LogP contribution in [0.5, 0.6) is 17.4 Å². The van der Waals surface area contributed by atoms with Gasteiger partial charge in [0.1, 0.15) is 12.4 Å². The molecular weight excluding hydrogens is 615 g/mol. The lowest BCUT2D eigenvalue weighted by molar-refractivity contribution is -0.137. The number of anilines is 2. The summed E-state index contributed by atoms with van der Waals surface area (Å²) in [6, 6.07) is 11.7. The molecule has 2 amide bonds. The van der Waals surface area contributed by atoms with Crippen molar-refractivity contribution in [2.45, 2.75) is 40.0 Å². The highest BCUT2D eigenvalue weighted by atomic mass is 19.4. The number of aryl methyl sites for hydroxylation is 2. The van der Waals surface area contributed by atoms with Gasteiger partial charge in [0.05, 0.1) is 48.9 Å². The Morgan fingerprint density at radius 1 is 0.957 bits per heavy atom. The maximum atomic E-state index is 13.7. The summed E-state index contributed by atoms with van der Waals surface area (Å²) in [6.07, 6.45) is 1.77. The SMILES string of the molecule is CCOc1cc(-c2ncc(NC(=O)Nc3cc(-n4cnc(C)c4)cc(C(F)(F)F)c3)c(CC)n2)cnc1OCc1ccc(OC)cc1. The standard InChI is InChI=1S/C33H32F3N7O4/c1-5-27-28(42-32(44)40-24-12-23(33(34,35)36)13-25(14-24)43-17-20(3)39-19-43)16-37-30(41-27)22-11-29(46-6-2)31(38-15-22)47-18-21-7-9-26(45-4)10-8-21/h7-17,19H,5-6,18H2,1-4H3,(H2,40,42,44). The van der Waals surface area contributed by atoms with Crippen LogP contribution in [0.1, 0.15) is 36.4 Å². The van der Waals surface area contributed by atoms with Gasteiger partial charge in [0.15, 0.2) is 11.6 Å². The van der Waals surface area contributed by atoms with Crippen molar-refractivity contribution >= 4 is 17.4 Å². The lowest BCUT2D eigenvalue weighted by atomic mass is 10.1. The predicted molar refractivity (Wildman–Crippen MR) is 169 cm³/mol. The van der Waals surface area contributed by atoms with E-state index in [1.165, 1.54) is 23.2 Å². The Hall–Kier alpha value is -5.66. The second-order valence-corrected chi connectivity index (χ2v) is 10.3. The van der Waals surface area contributed by atoms with Gasteiger partial charge < -0.3 is 29.4 Å². The zero-order valence-electron chi connectivity index (χ0n) is 26.1. The molecule has 47 heavy (non-hydrogen) atoms. The topological polar surface area (TPSA) is 125 Å². The van der Waals surface area contributed by atoms with Crippen molar-refractivity contribution in [3.8, 4) is 34.5 Å². The minimum atomic E-state index is -4.63. The number of carbonyl (C=O) groups excluding carboxylic acids is 1. The lowest BCUT2D eigenvalue weighted by Crippen LogP contribution is -2.21. The van der Waals surface area contributed by atoms with Crippen LogP contribution < -0.4 is 24.8 Å². The number of nitrogens with zero attached hydrogens (tertiary/aromatic N) is 5. The van der Waals surface area contributed by atoms with E-state index in [4.69, 9.17) is 14.2 Å². The van der Waals surface area contributed by atoms with Crippen molar-refractivity contribution < 1.29 is 32.2 Å². The number of imidazole rings is 1. The number of methoxy groups -OCH3 is 1. The second kappa shape index (κ2) is 14.2. The molecule has 3 aromatic heterocycles. The third kappa shape index (κ3) is 8.14. The van der Waals surface area contributed by atoms with Gasteiger partial charge in [-0.25, -0.2) is 24.7 Å². The second-order valence-electron chi connectivity index (χ2n) is 10.3. The summed E-state index contributed by atoms with van der Waals surface area (Å²) < 4.78 is 59.3. The molecule has 0 atom stereocenters. The smallest absolute Gasteiger partial charge is 0.416 e. The number of hydrogen-bond acceptors (Lipinski definition) is 8. The Balaban J connectivity index is 1.32. The van der Waals surface area contributed by atoms with Crippen LogP contribution in [0.4, 0.5) is 29.3 Å².